The number of aromatic nitrogens is 2. The first-order chi connectivity index (χ1) is 9.74. The Morgan fingerprint density at radius 2 is 2.20 bits per heavy atom. The fourth-order valence-electron chi connectivity index (χ4n) is 1.82. The Balaban J connectivity index is 2.26. The average Bonchev–Trinajstić information content (AvgIpc) is 2.44. The smallest absolute Gasteiger partial charge is 0.162 e. The van der Waals surface area contributed by atoms with Crippen LogP contribution in [0.5, 0.6) is 0 Å². The normalized spacial score (nSPS) is 10.3. The summed E-state index contributed by atoms with van der Waals surface area (Å²) in [6.07, 6.45) is 3.48. The third kappa shape index (κ3) is 3.59. The molecule has 0 atom stereocenters. The van der Waals surface area contributed by atoms with Crippen LogP contribution in [0.15, 0.2) is 27.8 Å². The average molecular weight is 335 g/mol. The van der Waals surface area contributed by atoms with Gasteiger partial charge in [-0.25, -0.2) is 9.97 Å². The summed E-state index contributed by atoms with van der Waals surface area (Å²) < 4.78 is 0.903. The lowest BCUT2D eigenvalue weighted by Crippen LogP contribution is -2.04. The number of hydrogen-bond donors (Lipinski definition) is 1. The topological polar surface area (TPSA) is 86.6 Å². The second kappa shape index (κ2) is 7.07. The van der Waals surface area contributed by atoms with Crippen molar-refractivity contribution in [2.75, 3.05) is 11.9 Å². The summed E-state index contributed by atoms with van der Waals surface area (Å²) in [6.45, 7) is 3.05. The van der Waals surface area contributed by atoms with Gasteiger partial charge in [0.2, 0.25) is 0 Å². The number of fused-ring (bicyclic) bond motifs is 1. The minimum atomic E-state index is 0.326. The number of pyridine rings is 2. The lowest BCUT2D eigenvalue weighted by molar-refractivity contribution is 0.742. The van der Waals surface area contributed by atoms with Gasteiger partial charge in [-0.1, -0.05) is 19.8 Å². The summed E-state index contributed by atoms with van der Waals surface area (Å²) in [5.74, 6) is 1.09. The molecule has 0 saturated heterocycles. The van der Waals surface area contributed by atoms with E-state index in [1.54, 1.807) is 6.07 Å². The number of nitrogens with zero attached hydrogens (tertiary/aromatic N) is 5. The molecule has 0 radical (unpaired) electrons. The molecule has 0 aliphatic carbocycles. The van der Waals surface area contributed by atoms with Crippen molar-refractivity contribution in [3.63, 3.8) is 0 Å². The molecule has 0 saturated carbocycles. The molecule has 2 aromatic heterocycles. The van der Waals surface area contributed by atoms with E-state index in [9.17, 15) is 0 Å². The molecule has 104 valence electrons. The van der Waals surface area contributed by atoms with E-state index >= 15 is 0 Å². The van der Waals surface area contributed by atoms with Crippen molar-refractivity contribution >= 4 is 38.6 Å². The van der Waals surface area contributed by atoms with Crippen LogP contribution in [-0.4, -0.2) is 16.5 Å². The summed E-state index contributed by atoms with van der Waals surface area (Å²) >= 11 is 3.50. The van der Waals surface area contributed by atoms with E-state index < -0.39 is 0 Å². The van der Waals surface area contributed by atoms with E-state index in [1.165, 1.54) is 12.8 Å². The zero-order chi connectivity index (χ0) is 14.4. The van der Waals surface area contributed by atoms with Crippen LogP contribution in [0.25, 0.3) is 21.5 Å². The van der Waals surface area contributed by atoms with E-state index in [0.29, 0.717) is 11.5 Å². The molecule has 0 amide bonds. The lowest BCUT2D eigenvalue weighted by atomic mass is 10.2. The summed E-state index contributed by atoms with van der Waals surface area (Å²) in [7, 11) is 0. The molecule has 1 N–H and O–H groups in total. The summed E-state index contributed by atoms with van der Waals surface area (Å²) in [6, 6.07) is 5.47. The van der Waals surface area contributed by atoms with Crippen LogP contribution < -0.4 is 5.32 Å². The summed E-state index contributed by atoms with van der Waals surface area (Å²) in [4.78, 5) is 11.4. The molecule has 0 fully saturated rings. The predicted octanol–water partition coefficient (Wildman–Crippen LogP) is 4.94. The fourth-order valence-corrected chi connectivity index (χ4v) is 2.30. The highest BCUT2D eigenvalue weighted by atomic mass is 79.9. The van der Waals surface area contributed by atoms with Gasteiger partial charge in [0.1, 0.15) is 11.6 Å². The molecule has 2 heterocycles. The van der Waals surface area contributed by atoms with Crippen molar-refractivity contribution in [2.24, 2.45) is 5.11 Å². The number of anilines is 1. The quantitative estimate of drug-likeness (QED) is 0.351. The largest absolute Gasteiger partial charge is 0.369 e. The highest BCUT2D eigenvalue weighted by Gasteiger charge is 2.06. The molecule has 7 heteroatoms. The molecule has 20 heavy (non-hydrogen) atoms. The van der Waals surface area contributed by atoms with Crippen LogP contribution in [0.4, 0.5) is 11.6 Å². The zero-order valence-electron chi connectivity index (χ0n) is 11.2. The minimum absolute atomic E-state index is 0.326. The molecule has 0 aliphatic heterocycles. The summed E-state index contributed by atoms with van der Waals surface area (Å²) in [5.41, 5.74) is 9.00. The van der Waals surface area contributed by atoms with Crippen LogP contribution >= 0.6 is 15.9 Å². The molecular formula is C13H15BrN6. The Labute approximate surface area is 125 Å². The van der Waals surface area contributed by atoms with Crippen LogP contribution in [0.3, 0.4) is 0 Å². The number of halogens is 1. The molecular weight excluding hydrogens is 320 g/mol. The van der Waals surface area contributed by atoms with Gasteiger partial charge in [0.05, 0.1) is 4.47 Å². The van der Waals surface area contributed by atoms with Gasteiger partial charge in [0.15, 0.2) is 5.65 Å². The molecule has 2 rings (SSSR count). The minimum Gasteiger partial charge on any atom is -0.369 e. The first-order valence-electron chi connectivity index (χ1n) is 6.51. The maximum absolute atomic E-state index is 8.44. The van der Waals surface area contributed by atoms with Gasteiger partial charge >= 0.3 is 0 Å². The highest BCUT2D eigenvalue weighted by Crippen LogP contribution is 2.26. The molecule has 0 spiro atoms. The number of unbranched alkanes of at least 4 members (excludes halogenated alkanes) is 2. The monoisotopic (exact) mass is 334 g/mol. The van der Waals surface area contributed by atoms with Crippen LogP contribution in [0.2, 0.25) is 0 Å². The van der Waals surface area contributed by atoms with Crippen molar-refractivity contribution in [1.82, 2.24) is 9.97 Å². The Kier molecular flexibility index (Phi) is 5.15. The Morgan fingerprint density at radius 3 is 2.95 bits per heavy atom. The Hall–Kier alpha value is -1.85. The third-order valence-electron chi connectivity index (χ3n) is 2.84. The van der Waals surface area contributed by atoms with Gasteiger partial charge in [-0.2, -0.15) is 0 Å². The highest BCUT2D eigenvalue weighted by molar-refractivity contribution is 9.10. The standard InChI is InChI=1S/C13H15BrN6/c1-2-3-4-7-16-13-10(14)8-9-5-6-11(19-20-15)17-12(9)18-13/h5-6,8H,2-4,7H2,1H3,(H,16,17,18). The number of rotatable bonds is 6. The fraction of sp³-hybridized carbons (Fsp3) is 0.385. The van der Waals surface area contributed by atoms with Crippen molar-refractivity contribution in [3.8, 4) is 0 Å². The van der Waals surface area contributed by atoms with Gasteiger partial charge < -0.3 is 5.32 Å². The molecule has 0 bridgehead atoms. The van der Waals surface area contributed by atoms with E-state index in [2.05, 4.69) is 48.2 Å². The lowest BCUT2D eigenvalue weighted by Gasteiger charge is -2.08. The van der Waals surface area contributed by atoms with Crippen molar-refractivity contribution in [1.29, 1.82) is 0 Å². The van der Waals surface area contributed by atoms with Crippen molar-refractivity contribution in [3.05, 3.63) is 33.1 Å². The predicted molar refractivity (Wildman–Crippen MR) is 84.1 cm³/mol. The van der Waals surface area contributed by atoms with Gasteiger partial charge in [-0.05, 0) is 51.2 Å². The number of hydrogen-bond acceptors (Lipinski definition) is 4. The van der Waals surface area contributed by atoms with Crippen LogP contribution in [0.1, 0.15) is 26.2 Å². The van der Waals surface area contributed by atoms with Gasteiger partial charge in [0.25, 0.3) is 0 Å². The molecule has 0 aromatic carbocycles. The summed E-state index contributed by atoms with van der Waals surface area (Å²) in [5, 5.41) is 7.68. The van der Waals surface area contributed by atoms with E-state index in [4.69, 9.17) is 5.53 Å². The SMILES string of the molecule is CCCCCNc1nc2nc(N=[N+]=[N-])ccc2cc1Br. The molecule has 2 aromatic rings. The van der Waals surface area contributed by atoms with E-state index in [0.717, 1.165) is 28.6 Å². The van der Waals surface area contributed by atoms with Crippen molar-refractivity contribution in [2.45, 2.75) is 26.2 Å². The van der Waals surface area contributed by atoms with Crippen LogP contribution in [0, 0.1) is 0 Å². The Morgan fingerprint density at radius 1 is 1.35 bits per heavy atom. The first kappa shape index (κ1) is 14.6. The van der Waals surface area contributed by atoms with Gasteiger partial charge in [-0.3, -0.25) is 0 Å². The third-order valence-corrected chi connectivity index (χ3v) is 3.44. The maximum atomic E-state index is 8.44. The van der Waals surface area contributed by atoms with Crippen molar-refractivity contribution < 1.29 is 0 Å². The van der Waals surface area contributed by atoms with Gasteiger partial charge in [0, 0.05) is 16.8 Å². The molecule has 6 nitrogen and oxygen atoms in total. The molecule has 0 aliphatic rings. The number of nitrogens with one attached hydrogen (secondary N) is 1. The Bertz CT molecular complexity index is 651. The second-order valence-electron chi connectivity index (χ2n) is 4.36. The number of azide groups is 1. The molecule has 0 unspecified atom stereocenters. The van der Waals surface area contributed by atoms with Gasteiger partial charge in [-0.15, -0.1) is 0 Å². The zero-order valence-corrected chi connectivity index (χ0v) is 12.8. The van der Waals surface area contributed by atoms with E-state index in [1.807, 2.05) is 12.1 Å². The second-order valence-corrected chi connectivity index (χ2v) is 5.21. The van der Waals surface area contributed by atoms with Crippen LogP contribution in [-0.2, 0) is 0 Å². The maximum Gasteiger partial charge on any atom is 0.162 e. The first-order valence-corrected chi connectivity index (χ1v) is 7.30. The van der Waals surface area contributed by atoms with E-state index in [-0.39, 0.29) is 0 Å².